The highest BCUT2D eigenvalue weighted by Gasteiger charge is 2.22. The predicted molar refractivity (Wildman–Crippen MR) is 58.5 cm³/mol. The Bertz CT molecular complexity index is 348. The van der Waals surface area contributed by atoms with E-state index in [9.17, 15) is 10.2 Å². The van der Waals surface area contributed by atoms with Gasteiger partial charge in [-0.15, -0.1) is 0 Å². The smallest absolute Gasteiger partial charge is 0.219 e. The Kier molecular flexibility index (Phi) is 4.95. The third-order valence-electron chi connectivity index (χ3n) is 2.15. The summed E-state index contributed by atoms with van der Waals surface area (Å²) in [6.45, 7) is -0.214. The van der Waals surface area contributed by atoms with Gasteiger partial charge in [0, 0.05) is 18.4 Å². The molecule has 0 fully saturated rings. The van der Waals surface area contributed by atoms with Crippen LogP contribution in [0.25, 0.3) is 0 Å². The molecule has 2 atom stereocenters. The van der Waals surface area contributed by atoms with E-state index >= 15 is 0 Å². The number of pyridine rings is 1. The lowest BCUT2D eigenvalue weighted by atomic mass is 10.0. The summed E-state index contributed by atoms with van der Waals surface area (Å²) in [4.78, 5) is 3.87. The van der Waals surface area contributed by atoms with Crippen LogP contribution in [0.4, 0.5) is 0 Å². The molecule has 1 rings (SSSR count). The maximum Gasteiger partial charge on any atom is 0.219 e. The zero-order valence-corrected chi connectivity index (χ0v) is 9.55. The predicted octanol–water partition coefficient (Wildman–Crippen LogP) is 0.520. The molecule has 3 N–H and O–H groups in total. The van der Waals surface area contributed by atoms with E-state index in [4.69, 9.17) is 21.4 Å². The molecule has 0 aliphatic rings. The summed E-state index contributed by atoms with van der Waals surface area (Å²) in [6, 6.07) is 1.47. The van der Waals surface area contributed by atoms with Gasteiger partial charge in [0.2, 0.25) is 5.88 Å². The third-order valence-corrected chi connectivity index (χ3v) is 2.35. The highest BCUT2D eigenvalue weighted by Crippen LogP contribution is 2.28. The second-order valence-electron chi connectivity index (χ2n) is 3.28. The van der Waals surface area contributed by atoms with Crippen molar-refractivity contribution in [1.82, 2.24) is 4.98 Å². The number of hydrogen-bond acceptors (Lipinski definition) is 5. The monoisotopic (exact) mass is 247 g/mol. The summed E-state index contributed by atoms with van der Waals surface area (Å²) in [5.74, 6) is 0.203. The minimum atomic E-state index is -1.19. The first kappa shape index (κ1) is 13.2. The standard InChI is InChI=1S/C10H14ClNO4/c1-16-10-7(4-6(11)5-12-10)9(15)8(14)2-3-13/h4-5,8-9,13-15H,2-3H2,1H3. The Balaban J connectivity index is 2.96. The fourth-order valence-corrected chi connectivity index (χ4v) is 1.49. The number of methoxy groups -OCH3 is 1. The van der Waals surface area contributed by atoms with Gasteiger partial charge < -0.3 is 20.1 Å². The van der Waals surface area contributed by atoms with Crippen molar-refractivity contribution in [3.63, 3.8) is 0 Å². The summed E-state index contributed by atoms with van der Waals surface area (Å²) < 4.78 is 4.95. The molecule has 0 saturated carbocycles. The van der Waals surface area contributed by atoms with E-state index in [-0.39, 0.29) is 18.9 Å². The number of rotatable bonds is 5. The molecule has 1 heterocycles. The van der Waals surface area contributed by atoms with Crippen molar-refractivity contribution in [3.05, 3.63) is 22.8 Å². The fourth-order valence-electron chi connectivity index (χ4n) is 1.32. The van der Waals surface area contributed by atoms with E-state index in [1.54, 1.807) is 0 Å². The van der Waals surface area contributed by atoms with E-state index in [1.165, 1.54) is 19.4 Å². The number of aliphatic hydroxyl groups excluding tert-OH is 3. The average molecular weight is 248 g/mol. The highest BCUT2D eigenvalue weighted by molar-refractivity contribution is 6.30. The number of ether oxygens (including phenoxy) is 1. The lowest BCUT2D eigenvalue weighted by Gasteiger charge is -2.18. The van der Waals surface area contributed by atoms with Crippen LogP contribution in [-0.2, 0) is 0 Å². The molecule has 16 heavy (non-hydrogen) atoms. The highest BCUT2D eigenvalue weighted by atomic mass is 35.5. The molecular formula is C10H14ClNO4. The molecule has 6 heteroatoms. The maximum absolute atomic E-state index is 9.82. The molecule has 0 saturated heterocycles. The van der Waals surface area contributed by atoms with Gasteiger partial charge in [-0.2, -0.15) is 0 Å². The SMILES string of the molecule is COc1ncc(Cl)cc1C(O)C(O)CCO. The van der Waals surface area contributed by atoms with Crippen LogP contribution in [0, 0.1) is 0 Å². The second kappa shape index (κ2) is 6.00. The van der Waals surface area contributed by atoms with Crippen molar-refractivity contribution < 1.29 is 20.1 Å². The van der Waals surface area contributed by atoms with Gasteiger partial charge in [0.15, 0.2) is 0 Å². The van der Waals surface area contributed by atoms with Crippen molar-refractivity contribution in [2.45, 2.75) is 18.6 Å². The summed E-state index contributed by atoms with van der Waals surface area (Å²) in [6.07, 6.45) is -0.821. The summed E-state index contributed by atoms with van der Waals surface area (Å²) in [7, 11) is 1.41. The van der Waals surface area contributed by atoms with Gasteiger partial charge >= 0.3 is 0 Å². The Morgan fingerprint density at radius 1 is 1.50 bits per heavy atom. The van der Waals surface area contributed by atoms with Crippen LogP contribution >= 0.6 is 11.6 Å². The molecule has 0 radical (unpaired) electrons. The van der Waals surface area contributed by atoms with Crippen LogP contribution in [0.3, 0.4) is 0 Å². The summed E-state index contributed by atoms with van der Waals surface area (Å²) in [5, 5.41) is 28.4. The van der Waals surface area contributed by atoms with Crippen molar-refractivity contribution in [2.24, 2.45) is 0 Å². The molecule has 1 aromatic rings. The Morgan fingerprint density at radius 3 is 2.75 bits per heavy atom. The maximum atomic E-state index is 9.82. The molecule has 0 spiro atoms. The van der Waals surface area contributed by atoms with Gasteiger partial charge in [-0.25, -0.2) is 4.98 Å². The summed E-state index contributed by atoms with van der Waals surface area (Å²) in [5.41, 5.74) is 0.302. The quantitative estimate of drug-likeness (QED) is 0.707. The van der Waals surface area contributed by atoms with Crippen molar-refractivity contribution in [1.29, 1.82) is 0 Å². The molecule has 0 aromatic carbocycles. The van der Waals surface area contributed by atoms with E-state index < -0.39 is 12.2 Å². The van der Waals surface area contributed by atoms with E-state index in [0.717, 1.165) is 0 Å². The lowest BCUT2D eigenvalue weighted by Crippen LogP contribution is -2.20. The molecular weight excluding hydrogens is 234 g/mol. The molecule has 0 bridgehead atoms. The number of aliphatic hydroxyl groups is 3. The largest absolute Gasteiger partial charge is 0.481 e. The number of halogens is 1. The first-order valence-corrected chi connectivity index (χ1v) is 5.14. The molecule has 5 nitrogen and oxygen atoms in total. The Labute approximate surface area is 98.3 Å². The zero-order valence-electron chi connectivity index (χ0n) is 8.80. The third kappa shape index (κ3) is 3.05. The van der Waals surface area contributed by atoms with Crippen LogP contribution in [0.1, 0.15) is 18.1 Å². The van der Waals surface area contributed by atoms with Crippen LogP contribution in [0.2, 0.25) is 5.02 Å². The minimum absolute atomic E-state index is 0.0663. The second-order valence-corrected chi connectivity index (χ2v) is 3.71. The van der Waals surface area contributed by atoms with Gasteiger partial charge in [0.1, 0.15) is 6.10 Å². The molecule has 0 aliphatic heterocycles. The Hall–Kier alpha value is -0.880. The molecule has 1 aromatic heterocycles. The fraction of sp³-hybridized carbons (Fsp3) is 0.500. The van der Waals surface area contributed by atoms with Gasteiger partial charge in [0.25, 0.3) is 0 Å². The average Bonchev–Trinajstić information content (AvgIpc) is 2.28. The van der Waals surface area contributed by atoms with E-state index in [1.807, 2.05) is 0 Å². The number of aromatic nitrogens is 1. The van der Waals surface area contributed by atoms with Gasteiger partial charge in [-0.05, 0) is 12.5 Å². The first-order valence-electron chi connectivity index (χ1n) is 4.76. The molecule has 90 valence electrons. The first-order chi connectivity index (χ1) is 7.60. The van der Waals surface area contributed by atoms with Crippen molar-refractivity contribution in [2.75, 3.05) is 13.7 Å². The Morgan fingerprint density at radius 2 is 2.19 bits per heavy atom. The zero-order chi connectivity index (χ0) is 12.1. The molecule has 0 aliphatic carbocycles. The summed E-state index contributed by atoms with van der Waals surface area (Å²) >= 11 is 5.74. The van der Waals surface area contributed by atoms with Crippen LogP contribution < -0.4 is 4.74 Å². The van der Waals surface area contributed by atoms with E-state index in [0.29, 0.717) is 10.6 Å². The van der Waals surface area contributed by atoms with Gasteiger partial charge in [-0.1, -0.05) is 11.6 Å². The topological polar surface area (TPSA) is 82.8 Å². The number of hydrogen-bond donors (Lipinski definition) is 3. The minimum Gasteiger partial charge on any atom is -0.481 e. The van der Waals surface area contributed by atoms with E-state index in [2.05, 4.69) is 4.98 Å². The van der Waals surface area contributed by atoms with Crippen LogP contribution in [-0.4, -0.2) is 40.1 Å². The van der Waals surface area contributed by atoms with Crippen molar-refractivity contribution >= 4 is 11.6 Å². The van der Waals surface area contributed by atoms with Crippen molar-refractivity contribution in [3.8, 4) is 5.88 Å². The van der Waals surface area contributed by atoms with Gasteiger partial charge in [-0.3, -0.25) is 0 Å². The molecule has 2 unspecified atom stereocenters. The number of nitrogens with zero attached hydrogens (tertiary/aromatic N) is 1. The van der Waals surface area contributed by atoms with Crippen LogP contribution in [0.15, 0.2) is 12.3 Å². The lowest BCUT2D eigenvalue weighted by molar-refractivity contribution is 0.00274. The van der Waals surface area contributed by atoms with Gasteiger partial charge in [0.05, 0.1) is 18.2 Å². The molecule has 0 amide bonds. The normalized spacial score (nSPS) is 14.6. The van der Waals surface area contributed by atoms with Crippen LogP contribution in [0.5, 0.6) is 5.88 Å².